The first-order chi connectivity index (χ1) is 16.9. The van der Waals surface area contributed by atoms with Gasteiger partial charge in [-0.15, -0.1) is 0 Å². The van der Waals surface area contributed by atoms with Gasteiger partial charge in [-0.3, -0.25) is 4.79 Å². The molecular weight excluding hydrogens is 443 g/mol. The lowest BCUT2D eigenvalue weighted by Crippen LogP contribution is -2.45. The highest BCUT2D eigenvalue weighted by Gasteiger charge is 2.12. The van der Waals surface area contributed by atoms with Crippen molar-refractivity contribution in [3.05, 3.63) is 86.7 Å². The quantitative estimate of drug-likeness (QED) is 0.332. The summed E-state index contributed by atoms with van der Waals surface area (Å²) in [6.07, 6.45) is 6.21. The SMILES string of the molecule is C=C(Nc1nc2ccc(-c3cc(Cc4n[nH]c(=O)c5c4=CCCC=5)ccc3F)cc2[nH]1)NC(C)C. The molecule has 0 radical (unpaired) electrons. The lowest BCUT2D eigenvalue weighted by atomic mass is 9.98. The van der Waals surface area contributed by atoms with Crippen LogP contribution in [0.1, 0.15) is 37.9 Å². The second-order valence-corrected chi connectivity index (χ2v) is 9.02. The number of anilines is 1. The monoisotopic (exact) mass is 470 g/mol. The third kappa shape index (κ3) is 4.73. The van der Waals surface area contributed by atoms with Crippen molar-refractivity contribution < 1.29 is 4.39 Å². The molecule has 0 spiro atoms. The standard InChI is InChI=1S/C27H27FN6O/c1-15(2)29-16(3)30-27-31-23-11-9-18(14-25(23)32-27)21-12-17(8-10-22(21)28)13-24-19-6-4-5-7-20(19)26(35)34-33-24/h6-12,14-15,29H,3-5,13H2,1-2H3,(H,34,35)(H2,30,31,32). The van der Waals surface area contributed by atoms with Crippen molar-refractivity contribution in [1.82, 2.24) is 25.5 Å². The number of aromatic nitrogens is 4. The molecule has 4 N–H and O–H groups in total. The molecule has 2 aromatic heterocycles. The lowest BCUT2D eigenvalue weighted by molar-refractivity contribution is 0.630. The summed E-state index contributed by atoms with van der Waals surface area (Å²) < 4.78 is 14.9. The second kappa shape index (κ2) is 9.21. The summed E-state index contributed by atoms with van der Waals surface area (Å²) >= 11 is 0. The average Bonchev–Trinajstić information content (AvgIpc) is 3.23. The third-order valence-electron chi connectivity index (χ3n) is 5.93. The number of nitrogens with one attached hydrogen (secondary N) is 4. The van der Waals surface area contributed by atoms with Gasteiger partial charge in [-0.05, 0) is 62.1 Å². The van der Waals surface area contributed by atoms with Gasteiger partial charge in [0.1, 0.15) is 5.82 Å². The van der Waals surface area contributed by atoms with Crippen LogP contribution in [0.4, 0.5) is 10.3 Å². The van der Waals surface area contributed by atoms with Crippen molar-refractivity contribution in [2.24, 2.45) is 0 Å². The van der Waals surface area contributed by atoms with Gasteiger partial charge in [0, 0.05) is 28.5 Å². The number of H-pyrrole nitrogens is 2. The number of rotatable bonds is 7. The van der Waals surface area contributed by atoms with E-state index >= 15 is 0 Å². The molecule has 178 valence electrons. The van der Waals surface area contributed by atoms with E-state index in [1.807, 2.05) is 44.2 Å². The largest absolute Gasteiger partial charge is 0.370 e. The molecule has 0 fully saturated rings. The van der Waals surface area contributed by atoms with Gasteiger partial charge >= 0.3 is 0 Å². The predicted octanol–water partition coefficient (Wildman–Crippen LogP) is 3.28. The fourth-order valence-electron chi connectivity index (χ4n) is 4.40. The molecule has 0 aliphatic heterocycles. The van der Waals surface area contributed by atoms with Gasteiger partial charge in [-0.1, -0.05) is 30.9 Å². The average molecular weight is 471 g/mol. The molecule has 35 heavy (non-hydrogen) atoms. The van der Waals surface area contributed by atoms with Gasteiger partial charge in [-0.2, -0.15) is 5.10 Å². The molecule has 0 amide bonds. The Morgan fingerprint density at radius 1 is 1.14 bits per heavy atom. The van der Waals surface area contributed by atoms with E-state index in [-0.39, 0.29) is 17.4 Å². The Kier molecular flexibility index (Phi) is 5.94. The Bertz CT molecular complexity index is 1620. The fraction of sp³-hybridized carbons (Fsp3) is 0.222. The molecule has 5 rings (SSSR count). The molecule has 2 aromatic carbocycles. The smallest absolute Gasteiger partial charge is 0.271 e. The van der Waals surface area contributed by atoms with Gasteiger partial charge in [0.2, 0.25) is 5.95 Å². The summed E-state index contributed by atoms with van der Waals surface area (Å²) in [5.41, 5.74) is 4.29. The molecule has 1 aliphatic rings. The molecule has 7 nitrogen and oxygen atoms in total. The molecule has 0 atom stereocenters. The molecule has 0 saturated heterocycles. The van der Waals surface area contributed by atoms with Crippen molar-refractivity contribution in [1.29, 1.82) is 0 Å². The van der Waals surface area contributed by atoms with Crippen molar-refractivity contribution in [2.75, 3.05) is 5.32 Å². The van der Waals surface area contributed by atoms with Crippen LogP contribution in [0.5, 0.6) is 0 Å². The number of fused-ring (bicyclic) bond motifs is 2. The molecule has 0 saturated carbocycles. The molecular formula is C27H27FN6O. The van der Waals surface area contributed by atoms with E-state index in [1.165, 1.54) is 6.07 Å². The maximum absolute atomic E-state index is 14.9. The van der Waals surface area contributed by atoms with E-state index in [2.05, 4.69) is 43.5 Å². The Hall–Kier alpha value is -4.20. The predicted molar refractivity (Wildman–Crippen MR) is 138 cm³/mol. The molecule has 2 heterocycles. The van der Waals surface area contributed by atoms with Crippen molar-refractivity contribution in [3.8, 4) is 11.1 Å². The lowest BCUT2D eigenvalue weighted by Gasteiger charge is -2.12. The zero-order chi connectivity index (χ0) is 24.5. The zero-order valence-electron chi connectivity index (χ0n) is 19.7. The summed E-state index contributed by atoms with van der Waals surface area (Å²) in [6.45, 7) is 8.01. The fourth-order valence-corrected chi connectivity index (χ4v) is 4.40. The maximum Gasteiger partial charge on any atom is 0.271 e. The number of hydrogen-bond acceptors (Lipinski definition) is 5. The zero-order valence-corrected chi connectivity index (χ0v) is 19.7. The summed E-state index contributed by atoms with van der Waals surface area (Å²) in [4.78, 5) is 19.9. The van der Waals surface area contributed by atoms with Gasteiger partial charge in [-0.25, -0.2) is 14.5 Å². The number of halogens is 1. The normalized spacial score (nSPS) is 12.7. The third-order valence-corrected chi connectivity index (χ3v) is 5.93. The van der Waals surface area contributed by atoms with Gasteiger partial charge in [0.25, 0.3) is 5.56 Å². The number of aromatic amines is 2. The van der Waals surface area contributed by atoms with Crippen LogP contribution in [0, 0.1) is 5.82 Å². The van der Waals surface area contributed by atoms with E-state index in [9.17, 15) is 9.18 Å². The van der Waals surface area contributed by atoms with Crippen LogP contribution in [0.2, 0.25) is 0 Å². The minimum Gasteiger partial charge on any atom is -0.370 e. The first-order valence-corrected chi connectivity index (χ1v) is 11.7. The van der Waals surface area contributed by atoms with Crippen LogP contribution in [-0.4, -0.2) is 26.2 Å². The van der Waals surface area contributed by atoms with E-state index in [4.69, 9.17) is 0 Å². The second-order valence-electron chi connectivity index (χ2n) is 9.02. The van der Waals surface area contributed by atoms with Crippen LogP contribution in [0.25, 0.3) is 34.3 Å². The molecule has 0 bridgehead atoms. The summed E-state index contributed by atoms with van der Waals surface area (Å²) in [6, 6.07) is 10.9. The summed E-state index contributed by atoms with van der Waals surface area (Å²) in [5.74, 6) is 0.897. The molecule has 0 unspecified atom stereocenters. The van der Waals surface area contributed by atoms with E-state index < -0.39 is 0 Å². The summed E-state index contributed by atoms with van der Waals surface area (Å²) in [5, 5.41) is 14.7. The number of imidazole rings is 1. The first-order valence-electron chi connectivity index (χ1n) is 11.7. The van der Waals surface area contributed by atoms with E-state index in [0.717, 1.165) is 45.9 Å². The van der Waals surface area contributed by atoms with Crippen molar-refractivity contribution in [3.63, 3.8) is 0 Å². The molecule has 8 heteroatoms. The van der Waals surface area contributed by atoms with Crippen LogP contribution < -0.4 is 26.6 Å². The Morgan fingerprint density at radius 2 is 1.94 bits per heavy atom. The van der Waals surface area contributed by atoms with Crippen LogP contribution in [-0.2, 0) is 6.42 Å². The molecule has 1 aliphatic carbocycles. The molecule has 4 aromatic rings. The highest BCUT2D eigenvalue weighted by molar-refractivity contribution is 5.84. The van der Waals surface area contributed by atoms with Crippen molar-refractivity contribution >= 4 is 29.1 Å². The van der Waals surface area contributed by atoms with Crippen molar-refractivity contribution in [2.45, 2.75) is 39.2 Å². The number of benzene rings is 2. The van der Waals surface area contributed by atoms with Crippen LogP contribution in [0.15, 0.2) is 53.6 Å². The Balaban J connectivity index is 1.46. The van der Waals surface area contributed by atoms with Crippen LogP contribution >= 0.6 is 0 Å². The van der Waals surface area contributed by atoms with E-state index in [0.29, 0.717) is 29.0 Å². The minimum atomic E-state index is -0.308. The first kappa shape index (κ1) is 22.6. The number of hydrogen-bond donors (Lipinski definition) is 4. The van der Waals surface area contributed by atoms with Crippen LogP contribution in [0.3, 0.4) is 0 Å². The van der Waals surface area contributed by atoms with Gasteiger partial charge in [0.05, 0.1) is 22.5 Å². The topological polar surface area (TPSA) is 98.5 Å². The Morgan fingerprint density at radius 3 is 2.74 bits per heavy atom. The minimum absolute atomic E-state index is 0.176. The highest BCUT2D eigenvalue weighted by Crippen LogP contribution is 2.28. The van der Waals surface area contributed by atoms with E-state index in [1.54, 1.807) is 6.07 Å². The highest BCUT2D eigenvalue weighted by atomic mass is 19.1. The Labute approximate surface area is 201 Å². The number of nitrogens with zero attached hydrogens (tertiary/aromatic N) is 2. The summed E-state index contributed by atoms with van der Waals surface area (Å²) in [7, 11) is 0. The van der Waals surface area contributed by atoms with Gasteiger partial charge in [0.15, 0.2) is 0 Å². The maximum atomic E-state index is 14.9. The van der Waals surface area contributed by atoms with Gasteiger partial charge < -0.3 is 15.6 Å².